The van der Waals surface area contributed by atoms with Gasteiger partial charge in [-0.25, -0.2) is 4.98 Å². The van der Waals surface area contributed by atoms with Gasteiger partial charge in [-0.15, -0.1) is 0 Å². The predicted molar refractivity (Wildman–Crippen MR) is 113 cm³/mol. The summed E-state index contributed by atoms with van der Waals surface area (Å²) in [5.41, 5.74) is 3.51. The lowest BCUT2D eigenvalue weighted by Crippen LogP contribution is -2.24. The highest BCUT2D eigenvalue weighted by atomic mass is 16.5. The molecule has 3 aromatic heterocycles. The van der Waals surface area contributed by atoms with E-state index in [0.29, 0.717) is 16.7 Å². The molecule has 1 saturated heterocycles. The van der Waals surface area contributed by atoms with Crippen LogP contribution in [0.25, 0.3) is 22.1 Å². The fraction of sp³-hybridized carbons (Fsp3) is 0.348. The minimum absolute atomic E-state index is 0.0803. The van der Waals surface area contributed by atoms with E-state index >= 15 is 0 Å². The Morgan fingerprint density at radius 3 is 2.90 bits per heavy atom. The summed E-state index contributed by atoms with van der Waals surface area (Å²) in [4.78, 5) is 30.3. The standard InChI is InChI=1S/C23H23N3O4/c1-14-10-18(15(2)26(14)11-16-6-5-9-29-16)19(27)12-25-13-24-21-17-7-3-4-8-20(17)30-22(21)23(25)28/h3-4,7-8,10,13,16H,5-6,9,11-12H2,1-2H3. The van der Waals surface area contributed by atoms with E-state index in [1.54, 1.807) is 6.07 Å². The second kappa shape index (κ2) is 7.25. The first-order valence-electron chi connectivity index (χ1n) is 10.2. The SMILES string of the molecule is Cc1cc(C(=O)Cn2cnc3c(oc4ccccc43)c2=O)c(C)n1CC1CCCO1. The molecule has 1 atom stereocenters. The fourth-order valence-corrected chi connectivity index (χ4v) is 4.32. The molecule has 0 N–H and O–H groups in total. The van der Waals surface area contributed by atoms with Crippen LogP contribution in [0.15, 0.2) is 45.9 Å². The van der Waals surface area contributed by atoms with Crippen molar-refractivity contribution in [2.45, 2.75) is 45.9 Å². The Kier molecular flexibility index (Phi) is 4.55. The van der Waals surface area contributed by atoms with Crippen LogP contribution in [0.4, 0.5) is 0 Å². The van der Waals surface area contributed by atoms with Crippen molar-refractivity contribution in [3.8, 4) is 0 Å². The van der Waals surface area contributed by atoms with Gasteiger partial charge in [-0.1, -0.05) is 12.1 Å². The van der Waals surface area contributed by atoms with Gasteiger partial charge in [-0.2, -0.15) is 0 Å². The van der Waals surface area contributed by atoms with Crippen LogP contribution in [0.1, 0.15) is 34.6 Å². The lowest BCUT2D eigenvalue weighted by molar-refractivity contribution is 0.0948. The smallest absolute Gasteiger partial charge is 0.297 e. The summed E-state index contributed by atoms with van der Waals surface area (Å²) in [6.07, 6.45) is 3.74. The number of aryl methyl sites for hydroxylation is 1. The Morgan fingerprint density at radius 1 is 1.27 bits per heavy atom. The molecule has 0 radical (unpaired) electrons. The molecule has 1 aliphatic rings. The van der Waals surface area contributed by atoms with Crippen molar-refractivity contribution in [2.75, 3.05) is 6.61 Å². The molecular weight excluding hydrogens is 382 g/mol. The van der Waals surface area contributed by atoms with E-state index in [9.17, 15) is 9.59 Å². The van der Waals surface area contributed by atoms with E-state index in [1.165, 1.54) is 10.9 Å². The zero-order valence-electron chi connectivity index (χ0n) is 17.1. The third kappa shape index (κ3) is 3.06. The maximum atomic E-state index is 13.0. The van der Waals surface area contributed by atoms with Crippen molar-refractivity contribution < 1.29 is 13.9 Å². The van der Waals surface area contributed by atoms with Gasteiger partial charge in [0.05, 0.1) is 19.0 Å². The third-order valence-corrected chi connectivity index (χ3v) is 5.95. The van der Waals surface area contributed by atoms with Crippen LogP contribution in [-0.2, 0) is 17.8 Å². The molecule has 7 nitrogen and oxygen atoms in total. The lowest BCUT2D eigenvalue weighted by Gasteiger charge is -2.14. The number of rotatable bonds is 5. The molecule has 7 heteroatoms. The van der Waals surface area contributed by atoms with Gasteiger partial charge in [0.1, 0.15) is 11.1 Å². The number of Topliss-reactive ketones (excluding diaryl/α,β-unsaturated/α-hetero) is 1. The van der Waals surface area contributed by atoms with Crippen LogP contribution < -0.4 is 5.56 Å². The lowest BCUT2D eigenvalue weighted by atomic mass is 10.1. The van der Waals surface area contributed by atoms with Gasteiger partial charge in [0.15, 0.2) is 5.78 Å². The summed E-state index contributed by atoms with van der Waals surface area (Å²) in [5.74, 6) is -0.124. The first kappa shape index (κ1) is 18.8. The maximum Gasteiger partial charge on any atom is 0.297 e. The molecule has 1 fully saturated rings. The van der Waals surface area contributed by atoms with Gasteiger partial charge in [0.2, 0.25) is 5.58 Å². The van der Waals surface area contributed by atoms with Crippen molar-refractivity contribution >= 4 is 27.9 Å². The maximum absolute atomic E-state index is 13.0. The molecule has 4 heterocycles. The van der Waals surface area contributed by atoms with Crippen molar-refractivity contribution in [3.05, 3.63) is 64.0 Å². The molecule has 1 unspecified atom stereocenters. The number of aromatic nitrogens is 3. The summed E-state index contributed by atoms with van der Waals surface area (Å²) < 4.78 is 14.9. The highest BCUT2D eigenvalue weighted by Gasteiger charge is 2.22. The molecule has 0 bridgehead atoms. The Morgan fingerprint density at radius 2 is 2.10 bits per heavy atom. The zero-order chi connectivity index (χ0) is 20.8. The highest BCUT2D eigenvalue weighted by Crippen LogP contribution is 2.24. The van der Waals surface area contributed by atoms with E-state index in [1.807, 2.05) is 38.1 Å². The second-order valence-electron chi connectivity index (χ2n) is 7.91. The summed E-state index contributed by atoms with van der Waals surface area (Å²) in [5, 5.41) is 0.792. The predicted octanol–water partition coefficient (Wildman–Crippen LogP) is 3.62. The minimum atomic E-state index is -0.349. The Balaban J connectivity index is 1.45. The molecule has 0 spiro atoms. The first-order valence-corrected chi connectivity index (χ1v) is 10.2. The molecule has 4 aromatic rings. The Bertz CT molecular complexity index is 1320. The number of para-hydroxylation sites is 1. The number of hydrogen-bond acceptors (Lipinski definition) is 5. The fourth-order valence-electron chi connectivity index (χ4n) is 4.32. The number of ketones is 1. The Hall–Kier alpha value is -3.19. The quantitative estimate of drug-likeness (QED) is 0.474. The van der Waals surface area contributed by atoms with Crippen LogP contribution in [0.3, 0.4) is 0 Å². The molecule has 1 aromatic carbocycles. The van der Waals surface area contributed by atoms with Gasteiger partial charge in [0.25, 0.3) is 5.56 Å². The number of benzene rings is 1. The van der Waals surface area contributed by atoms with Crippen LogP contribution >= 0.6 is 0 Å². The topological polar surface area (TPSA) is 79.3 Å². The number of carbonyl (C=O) groups is 1. The van der Waals surface area contributed by atoms with Gasteiger partial charge in [-0.05, 0) is 44.9 Å². The number of furan rings is 1. The third-order valence-electron chi connectivity index (χ3n) is 5.95. The molecule has 5 rings (SSSR count). The Labute approximate surface area is 172 Å². The van der Waals surface area contributed by atoms with Crippen LogP contribution in [0.2, 0.25) is 0 Å². The van der Waals surface area contributed by atoms with Crippen LogP contribution in [-0.4, -0.2) is 32.6 Å². The van der Waals surface area contributed by atoms with Crippen LogP contribution in [0, 0.1) is 13.8 Å². The largest absolute Gasteiger partial charge is 0.448 e. The van der Waals surface area contributed by atoms with Crippen molar-refractivity contribution in [3.63, 3.8) is 0 Å². The van der Waals surface area contributed by atoms with Crippen LogP contribution in [0.5, 0.6) is 0 Å². The summed E-state index contributed by atoms with van der Waals surface area (Å²) in [6.45, 7) is 5.40. The number of nitrogens with zero attached hydrogens (tertiary/aromatic N) is 3. The van der Waals surface area contributed by atoms with Gasteiger partial charge in [-0.3, -0.25) is 14.2 Å². The van der Waals surface area contributed by atoms with E-state index in [-0.39, 0.29) is 29.6 Å². The molecular formula is C23H23N3O4. The minimum Gasteiger partial charge on any atom is -0.448 e. The summed E-state index contributed by atoms with van der Waals surface area (Å²) in [6, 6.07) is 9.28. The monoisotopic (exact) mass is 405 g/mol. The number of ether oxygens (including phenoxy) is 1. The second-order valence-corrected chi connectivity index (χ2v) is 7.91. The van der Waals surface area contributed by atoms with Gasteiger partial charge >= 0.3 is 0 Å². The number of carbonyl (C=O) groups excluding carboxylic acids is 1. The normalized spacial score (nSPS) is 16.7. The first-order chi connectivity index (χ1) is 14.5. The van der Waals surface area contributed by atoms with Crippen molar-refractivity contribution in [1.29, 1.82) is 0 Å². The average molecular weight is 405 g/mol. The zero-order valence-corrected chi connectivity index (χ0v) is 17.1. The number of fused-ring (bicyclic) bond motifs is 3. The number of hydrogen-bond donors (Lipinski definition) is 0. The molecule has 0 aliphatic carbocycles. The van der Waals surface area contributed by atoms with E-state index in [0.717, 1.165) is 42.8 Å². The van der Waals surface area contributed by atoms with E-state index in [2.05, 4.69) is 9.55 Å². The summed E-state index contributed by atoms with van der Waals surface area (Å²) in [7, 11) is 0. The molecule has 1 aliphatic heterocycles. The average Bonchev–Trinajstić information content (AvgIpc) is 3.45. The molecule has 0 amide bonds. The van der Waals surface area contributed by atoms with E-state index < -0.39 is 0 Å². The van der Waals surface area contributed by atoms with Crippen molar-refractivity contribution in [2.24, 2.45) is 0 Å². The van der Waals surface area contributed by atoms with Gasteiger partial charge in [0, 0.05) is 35.5 Å². The molecule has 30 heavy (non-hydrogen) atoms. The van der Waals surface area contributed by atoms with E-state index in [4.69, 9.17) is 9.15 Å². The summed E-state index contributed by atoms with van der Waals surface area (Å²) >= 11 is 0. The highest BCUT2D eigenvalue weighted by molar-refractivity contribution is 6.02. The molecule has 0 saturated carbocycles. The van der Waals surface area contributed by atoms with Crippen molar-refractivity contribution in [1.82, 2.24) is 14.1 Å². The molecule has 154 valence electrons. The van der Waals surface area contributed by atoms with Gasteiger partial charge < -0.3 is 13.7 Å².